The number of hydrogen-bond donors (Lipinski definition) is 1. The molecule has 2 N–H and O–H groups in total. The Morgan fingerprint density at radius 3 is 2.65 bits per heavy atom. The highest BCUT2D eigenvalue weighted by atomic mass is 16.5. The number of rotatable bonds is 3. The molecule has 0 aliphatic carbocycles. The maximum absolute atomic E-state index is 5.55. The molecule has 0 unspecified atom stereocenters. The van der Waals surface area contributed by atoms with Gasteiger partial charge in [0.2, 0.25) is 0 Å². The van der Waals surface area contributed by atoms with Crippen molar-refractivity contribution in [1.29, 1.82) is 0 Å². The van der Waals surface area contributed by atoms with Gasteiger partial charge in [-0.15, -0.1) is 0 Å². The summed E-state index contributed by atoms with van der Waals surface area (Å²) in [5.74, 6) is 0.837. The normalized spacial score (nSPS) is 10.3. The van der Waals surface area contributed by atoms with Gasteiger partial charge in [-0.2, -0.15) is 0 Å². The van der Waals surface area contributed by atoms with E-state index in [4.69, 9.17) is 10.5 Å². The molecular weight excluding hydrogens is 212 g/mol. The Hall–Kier alpha value is -1.87. The van der Waals surface area contributed by atoms with Gasteiger partial charge in [0, 0.05) is 18.3 Å². The van der Waals surface area contributed by atoms with E-state index in [1.54, 1.807) is 13.3 Å². The topological polar surface area (TPSA) is 48.1 Å². The average Bonchev–Trinajstić information content (AvgIpc) is 2.39. The maximum atomic E-state index is 5.55. The predicted octanol–water partition coefficient (Wildman–Crippen LogP) is 2.52. The number of nitrogens with two attached hydrogens (primary N) is 1. The molecule has 1 aromatic carbocycles. The molecule has 2 aromatic rings. The summed E-state index contributed by atoms with van der Waals surface area (Å²) in [5, 5.41) is 0. The standard InChI is InChI=1S/C14H16N2O/c1-10-3-6-14(17-2)12(7-10)13-5-4-11(8-15)9-16-13/h3-7,9H,8,15H2,1-2H3. The molecule has 0 saturated heterocycles. The van der Waals surface area contributed by atoms with Crippen LogP contribution in [-0.4, -0.2) is 12.1 Å². The molecular formula is C14H16N2O. The second-order valence-corrected chi connectivity index (χ2v) is 3.96. The van der Waals surface area contributed by atoms with Crippen molar-refractivity contribution in [3.8, 4) is 17.0 Å². The first-order valence-electron chi connectivity index (χ1n) is 5.54. The molecule has 0 bridgehead atoms. The lowest BCUT2D eigenvalue weighted by Gasteiger charge is -2.09. The summed E-state index contributed by atoms with van der Waals surface area (Å²) in [7, 11) is 1.67. The number of methoxy groups -OCH3 is 1. The van der Waals surface area contributed by atoms with Crippen LogP contribution in [0.3, 0.4) is 0 Å². The van der Waals surface area contributed by atoms with Crippen LogP contribution in [0.5, 0.6) is 5.75 Å². The second-order valence-electron chi connectivity index (χ2n) is 3.96. The van der Waals surface area contributed by atoms with Gasteiger partial charge in [0.05, 0.1) is 12.8 Å². The van der Waals surface area contributed by atoms with Crippen molar-refractivity contribution in [3.05, 3.63) is 47.7 Å². The van der Waals surface area contributed by atoms with Gasteiger partial charge in [0.25, 0.3) is 0 Å². The van der Waals surface area contributed by atoms with Crippen LogP contribution in [0.25, 0.3) is 11.3 Å². The van der Waals surface area contributed by atoms with Crippen molar-refractivity contribution in [1.82, 2.24) is 4.98 Å². The van der Waals surface area contributed by atoms with Crippen LogP contribution < -0.4 is 10.5 Å². The molecule has 1 aromatic heterocycles. The molecule has 0 aliphatic rings. The van der Waals surface area contributed by atoms with Crippen molar-refractivity contribution in [2.75, 3.05) is 7.11 Å². The van der Waals surface area contributed by atoms with Gasteiger partial charge in [-0.3, -0.25) is 4.98 Å². The Labute approximate surface area is 101 Å². The fourth-order valence-corrected chi connectivity index (χ4v) is 1.73. The van der Waals surface area contributed by atoms with E-state index in [1.165, 1.54) is 5.56 Å². The molecule has 0 fully saturated rings. The Morgan fingerprint density at radius 2 is 2.06 bits per heavy atom. The summed E-state index contributed by atoms with van der Waals surface area (Å²) in [4.78, 5) is 4.41. The summed E-state index contributed by atoms with van der Waals surface area (Å²) in [5.41, 5.74) is 9.68. The predicted molar refractivity (Wildman–Crippen MR) is 68.9 cm³/mol. The Morgan fingerprint density at radius 1 is 1.24 bits per heavy atom. The minimum Gasteiger partial charge on any atom is -0.496 e. The van der Waals surface area contributed by atoms with Gasteiger partial charge >= 0.3 is 0 Å². The quantitative estimate of drug-likeness (QED) is 0.878. The smallest absolute Gasteiger partial charge is 0.128 e. The highest BCUT2D eigenvalue weighted by Gasteiger charge is 2.07. The van der Waals surface area contributed by atoms with Gasteiger partial charge < -0.3 is 10.5 Å². The van der Waals surface area contributed by atoms with Crippen LogP contribution >= 0.6 is 0 Å². The van der Waals surface area contributed by atoms with E-state index in [2.05, 4.69) is 18.0 Å². The summed E-state index contributed by atoms with van der Waals surface area (Å²) in [6.45, 7) is 2.56. The fourth-order valence-electron chi connectivity index (χ4n) is 1.73. The molecule has 0 amide bonds. The Kier molecular flexibility index (Phi) is 3.40. The van der Waals surface area contributed by atoms with Gasteiger partial charge in [0.15, 0.2) is 0 Å². The molecule has 88 valence electrons. The van der Waals surface area contributed by atoms with Crippen molar-refractivity contribution in [2.24, 2.45) is 5.73 Å². The molecule has 0 atom stereocenters. The van der Waals surface area contributed by atoms with E-state index in [1.807, 2.05) is 24.3 Å². The molecule has 0 saturated carbocycles. The Balaban J connectivity index is 2.47. The molecule has 3 heteroatoms. The van der Waals surface area contributed by atoms with E-state index in [0.29, 0.717) is 6.54 Å². The zero-order chi connectivity index (χ0) is 12.3. The highest BCUT2D eigenvalue weighted by Crippen LogP contribution is 2.29. The molecule has 3 nitrogen and oxygen atoms in total. The van der Waals surface area contributed by atoms with Crippen LogP contribution in [-0.2, 0) is 6.54 Å². The molecule has 0 radical (unpaired) electrons. The number of benzene rings is 1. The van der Waals surface area contributed by atoms with E-state index >= 15 is 0 Å². The monoisotopic (exact) mass is 228 g/mol. The number of ether oxygens (including phenoxy) is 1. The lowest BCUT2D eigenvalue weighted by atomic mass is 10.1. The molecule has 0 aliphatic heterocycles. The minimum atomic E-state index is 0.512. The third kappa shape index (κ3) is 2.45. The maximum Gasteiger partial charge on any atom is 0.128 e. The third-order valence-electron chi connectivity index (χ3n) is 2.69. The zero-order valence-corrected chi connectivity index (χ0v) is 10.1. The van der Waals surface area contributed by atoms with Crippen LogP contribution in [0.4, 0.5) is 0 Å². The van der Waals surface area contributed by atoms with Gasteiger partial charge in [0.1, 0.15) is 5.75 Å². The third-order valence-corrected chi connectivity index (χ3v) is 2.69. The van der Waals surface area contributed by atoms with Crippen LogP contribution in [0.2, 0.25) is 0 Å². The SMILES string of the molecule is COc1ccc(C)cc1-c1ccc(CN)cn1. The van der Waals surface area contributed by atoms with Crippen molar-refractivity contribution in [3.63, 3.8) is 0 Å². The lowest BCUT2D eigenvalue weighted by molar-refractivity contribution is 0.416. The first-order chi connectivity index (χ1) is 8.24. The van der Waals surface area contributed by atoms with Crippen molar-refractivity contribution in [2.45, 2.75) is 13.5 Å². The van der Waals surface area contributed by atoms with Crippen LogP contribution in [0.15, 0.2) is 36.5 Å². The number of pyridine rings is 1. The van der Waals surface area contributed by atoms with E-state index in [9.17, 15) is 0 Å². The lowest BCUT2D eigenvalue weighted by Crippen LogP contribution is -1.97. The van der Waals surface area contributed by atoms with E-state index in [0.717, 1.165) is 22.6 Å². The zero-order valence-electron chi connectivity index (χ0n) is 10.1. The molecule has 2 rings (SSSR count). The summed E-state index contributed by atoms with van der Waals surface area (Å²) in [6.07, 6.45) is 1.80. The number of hydrogen-bond acceptors (Lipinski definition) is 3. The van der Waals surface area contributed by atoms with Gasteiger partial charge in [-0.1, -0.05) is 17.7 Å². The summed E-state index contributed by atoms with van der Waals surface area (Å²) in [6, 6.07) is 10.0. The average molecular weight is 228 g/mol. The second kappa shape index (κ2) is 4.97. The van der Waals surface area contributed by atoms with E-state index in [-0.39, 0.29) is 0 Å². The van der Waals surface area contributed by atoms with Crippen molar-refractivity contribution < 1.29 is 4.74 Å². The van der Waals surface area contributed by atoms with Gasteiger partial charge in [-0.05, 0) is 30.7 Å². The molecule has 1 heterocycles. The minimum absolute atomic E-state index is 0.512. The van der Waals surface area contributed by atoms with Gasteiger partial charge in [-0.25, -0.2) is 0 Å². The Bertz CT molecular complexity index is 506. The first kappa shape index (κ1) is 11.6. The summed E-state index contributed by atoms with van der Waals surface area (Å²) >= 11 is 0. The first-order valence-corrected chi connectivity index (χ1v) is 5.54. The van der Waals surface area contributed by atoms with Crippen molar-refractivity contribution >= 4 is 0 Å². The number of aryl methyl sites for hydroxylation is 1. The fraction of sp³-hybridized carbons (Fsp3) is 0.214. The molecule has 0 spiro atoms. The number of nitrogens with zero attached hydrogens (tertiary/aromatic N) is 1. The molecule has 17 heavy (non-hydrogen) atoms. The van der Waals surface area contributed by atoms with Crippen LogP contribution in [0, 0.1) is 6.92 Å². The largest absolute Gasteiger partial charge is 0.496 e. The summed E-state index contributed by atoms with van der Waals surface area (Å²) < 4.78 is 5.35. The number of aromatic nitrogens is 1. The highest BCUT2D eigenvalue weighted by molar-refractivity contribution is 5.68. The van der Waals surface area contributed by atoms with Crippen LogP contribution in [0.1, 0.15) is 11.1 Å². The van der Waals surface area contributed by atoms with E-state index < -0.39 is 0 Å².